The van der Waals surface area contributed by atoms with Crippen LogP contribution in [0.3, 0.4) is 0 Å². The molecule has 2 heterocycles. The van der Waals surface area contributed by atoms with Gasteiger partial charge in [-0.1, -0.05) is 22.9 Å². The number of nitrogens with zero attached hydrogens (tertiary/aromatic N) is 2. The van der Waals surface area contributed by atoms with E-state index in [4.69, 9.17) is 4.52 Å². The highest BCUT2D eigenvalue weighted by Crippen LogP contribution is 2.15. The molecule has 6 nitrogen and oxygen atoms in total. The quantitative estimate of drug-likeness (QED) is 0.925. The summed E-state index contributed by atoms with van der Waals surface area (Å²) in [4.78, 5) is 26.4. The molecule has 2 amide bonds. The average Bonchev–Trinajstić information content (AvgIpc) is 3.00. The van der Waals surface area contributed by atoms with E-state index >= 15 is 0 Å². The van der Waals surface area contributed by atoms with Gasteiger partial charge in [0.2, 0.25) is 5.91 Å². The van der Waals surface area contributed by atoms with Gasteiger partial charge in [0, 0.05) is 30.8 Å². The Morgan fingerprint density at radius 3 is 2.48 bits per heavy atom. The summed E-state index contributed by atoms with van der Waals surface area (Å²) < 4.78 is 5.07. The molecule has 1 N–H and O–H groups in total. The Morgan fingerprint density at radius 2 is 1.88 bits per heavy atom. The zero-order valence-electron chi connectivity index (χ0n) is 14.6. The number of aryl methyl sites for hydroxylation is 2. The van der Waals surface area contributed by atoms with E-state index in [2.05, 4.69) is 10.5 Å². The van der Waals surface area contributed by atoms with Crippen LogP contribution in [0.5, 0.6) is 0 Å². The molecular weight excluding hydrogens is 318 g/mol. The minimum absolute atomic E-state index is 0.0573. The fraction of sp³-hybridized carbons (Fsp3) is 0.421. The van der Waals surface area contributed by atoms with Crippen molar-refractivity contribution in [2.24, 2.45) is 0 Å². The lowest BCUT2D eigenvalue weighted by atomic mass is 10.0. The third-order valence-corrected chi connectivity index (χ3v) is 4.46. The van der Waals surface area contributed by atoms with Gasteiger partial charge in [0.25, 0.3) is 5.91 Å². The Balaban J connectivity index is 1.47. The van der Waals surface area contributed by atoms with Crippen molar-refractivity contribution in [2.75, 3.05) is 13.1 Å². The van der Waals surface area contributed by atoms with Crippen LogP contribution in [0.15, 0.2) is 34.9 Å². The van der Waals surface area contributed by atoms with E-state index in [9.17, 15) is 9.59 Å². The molecule has 0 unspecified atom stereocenters. The molecular formula is C19H23N3O3. The van der Waals surface area contributed by atoms with Gasteiger partial charge in [0.15, 0.2) is 0 Å². The predicted molar refractivity (Wildman–Crippen MR) is 93.2 cm³/mol. The number of nitrogens with one attached hydrogen (secondary N) is 1. The van der Waals surface area contributed by atoms with Gasteiger partial charge < -0.3 is 14.7 Å². The maximum absolute atomic E-state index is 12.5. The monoisotopic (exact) mass is 341 g/mol. The maximum atomic E-state index is 12.5. The lowest BCUT2D eigenvalue weighted by molar-refractivity contribution is -0.121. The standard InChI is InChI=1S/C19H23N3O3/c1-13-3-5-15(6-4-13)19(24)22-9-7-16(8-10-22)20-18(23)12-17-11-14(2)21-25-17/h3-6,11,16H,7-10,12H2,1-2H3,(H,20,23). The van der Waals surface area contributed by atoms with E-state index in [1.54, 1.807) is 6.07 Å². The molecule has 2 aromatic rings. The van der Waals surface area contributed by atoms with E-state index < -0.39 is 0 Å². The third kappa shape index (κ3) is 4.47. The first-order chi connectivity index (χ1) is 12.0. The second kappa shape index (κ2) is 7.51. The SMILES string of the molecule is Cc1ccc(C(=O)N2CCC(NC(=O)Cc3cc(C)no3)CC2)cc1. The van der Waals surface area contributed by atoms with Crippen molar-refractivity contribution < 1.29 is 14.1 Å². The number of benzene rings is 1. The molecule has 3 rings (SSSR count). The number of aromatic nitrogens is 1. The van der Waals surface area contributed by atoms with Crippen LogP contribution in [-0.4, -0.2) is 41.0 Å². The molecule has 1 fully saturated rings. The smallest absolute Gasteiger partial charge is 0.253 e. The average molecular weight is 341 g/mol. The second-order valence-electron chi connectivity index (χ2n) is 6.61. The molecule has 0 spiro atoms. The molecule has 25 heavy (non-hydrogen) atoms. The van der Waals surface area contributed by atoms with Crippen LogP contribution in [0.2, 0.25) is 0 Å². The molecule has 0 aliphatic carbocycles. The first-order valence-electron chi connectivity index (χ1n) is 8.59. The molecule has 1 aromatic heterocycles. The van der Waals surface area contributed by atoms with E-state index in [1.807, 2.05) is 43.0 Å². The summed E-state index contributed by atoms with van der Waals surface area (Å²) in [6.45, 7) is 5.13. The van der Waals surface area contributed by atoms with Gasteiger partial charge >= 0.3 is 0 Å². The topological polar surface area (TPSA) is 75.4 Å². The summed E-state index contributed by atoms with van der Waals surface area (Å²) in [7, 11) is 0. The van der Waals surface area contributed by atoms with Crippen molar-refractivity contribution in [3.05, 3.63) is 52.9 Å². The lowest BCUT2D eigenvalue weighted by Crippen LogP contribution is -2.46. The van der Waals surface area contributed by atoms with Gasteiger partial charge in [-0.05, 0) is 38.8 Å². The molecule has 0 bridgehead atoms. The Hall–Kier alpha value is -2.63. The molecule has 1 aliphatic rings. The number of carbonyl (C=O) groups is 2. The highest BCUT2D eigenvalue weighted by atomic mass is 16.5. The van der Waals surface area contributed by atoms with Gasteiger partial charge in [0.05, 0.1) is 12.1 Å². The van der Waals surface area contributed by atoms with Gasteiger partial charge in [0.1, 0.15) is 5.76 Å². The molecule has 1 saturated heterocycles. The van der Waals surface area contributed by atoms with Crippen molar-refractivity contribution in [1.82, 2.24) is 15.4 Å². The summed E-state index contributed by atoms with van der Waals surface area (Å²) in [6.07, 6.45) is 1.72. The first kappa shape index (κ1) is 17.2. The molecule has 0 radical (unpaired) electrons. The van der Waals surface area contributed by atoms with Crippen molar-refractivity contribution >= 4 is 11.8 Å². The van der Waals surface area contributed by atoms with Gasteiger partial charge in [-0.25, -0.2) is 0 Å². The van der Waals surface area contributed by atoms with Gasteiger partial charge in [-0.3, -0.25) is 9.59 Å². The van der Waals surface area contributed by atoms with Crippen LogP contribution >= 0.6 is 0 Å². The van der Waals surface area contributed by atoms with Crippen LogP contribution in [0.1, 0.15) is 40.2 Å². The van der Waals surface area contributed by atoms with Crippen molar-refractivity contribution in [3.63, 3.8) is 0 Å². The molecule has 0 saturated carbocycles. The Morgan fingerprint density at radius 1 is 1.20 bits per heavy atom. The fourth-order valence-electron chi connectivity index (χ4n) is 3.04. The van der Waals surface area contributed by atoms with Crippen LogP contribution in [0.4, 0.5) is 0 Å². The Kier molecular flexibility index (Phi) is 5.16. The van der Waals surface area contributed by atoms with E-state index in [-0.39, 0.29) is 24.3 Å². The molecule has 132 valence electrons. The normalized spacial score (nSPS) is 15.2. The van der Waals surface area contributed by atoms with E-state index in [0.717, 1.165) is 24.1 Å². The van der Waals surface area contributed by atoms with Crippen LogP contribution in [0.25, 0.3) is 0 Å². The van der Waals surface area contributed by atoms with Crippen LogP contribution < -0.4 is 5.32 Å². The Bertz CT molecular complexity index is 744. The summed E-state index contributed by atoms with van der Waals surface area (Å²) >= 11 is 0. The maximum Gasteiger partial charge on any atom is 0.253 e. The van der Waals surface area contributed by atoms with Crippen molar-refractivity contribution in [3.8, 4) is 0 Å². The number of hydrogen-bond acceptors (Lipinski definition) is 4. The molecule has 0 atom stereocenters. The number of amides is 2. The highest BCUT2D eigenvalue weighted by Gasteiger charge is 2.24. The highest BCUT2D eigenvalue weighted by molar-refractivity contribution is 5.94. The van der Waals surface area contributed by atoms with E-state index in [0.29, 0.717) is 24.4 Å². The fourth-order valence-corrected chi connectivity index (χ4v) is 3.04. The number of carbonyl (C=O) groups excluding carboxylic acids is 2. The zero-order valence-corrected chi connectivity index (χ0v) is 14.6. The largest absolute Gasteiger partial charge is 0.361 e. The van der Waals surface area contributed by atoms with Crippen LogP contribution in [0, 0.1) is 13.8 Å². The minimum atomic E-state index is -0.0699. The Labute approximate surface area is 147 Å². The van der Waals surface area contributed by atoms with Gasteiger partial charge in [-0.15, -0.1) is 0 Å². The predicted octanol–water partition coefficient (Wildman–Crippen LogP) is 2.25. The summed E-state index contributed by atoms with van der Waals surface area (Å²) in [5, 5.41) is 6.80. The van der Waals surface area contributed by atoms with Crippen molar-refractivity contribution in [1.29, 1.82) is 0 Å². The summed E-state index contributed by atoms with van der Waals surface area (Å²) in [5.41, 5.74) is 2.62. The minimum Gasteiger partial charge on any atom is -0.361 e. The van der Waals surface area contributed by atoms with Crippen LogP contribution in [-0.2, 0) is 11.2 Å². The summed E-state index contributed by atoms with van der Waals surface area (Å²) in [5.74, 6) is 0.559. The number of likely N-dealkylation sites (tertiary alicyclic amines) is 1. The lowest BCUT2D eigenvalue weighted by Gasteiger charge is -2.32. The van der Waals surface area contributed by atoms with Gasteiger partial charge in [-0.2, -0.15) is 0 Å². The summed E-state index contributed by atoms with van der Waals surface area (Å²) in [6, 6.07) is 9.49. The molecule has 6 heteroatoms. The zero-order chi connectivity index (χ0) is 17.8. The first-order valence-corrected chi connectivity index (χ1v) is 8.59. The second-order valence-corrected chi connectivity index (χ2v) is 6.61. The number of rotatable bonds is 4. The molecule has 1 aromatic carbocycles. The van der Waals surface area contributed by atoms with E-state index in [1.165, 1.54) is 0 Å². The third-order valence-electron chi connectivity index (χ3n) is 4.46. The molecule has 1 aliphatic heterocycles. The van der Waals surface area contributed by atoms with Crippen molar-refractivity contribution in [2.45, 2.75) is 39.2 Å². The number of piperidine rings is 1. The number of hydrogen-bond donors (Lipinski definition) is 1.